The van der Waals surface area contributed by atoms with Gasteiger partial charge in [0.15, 0.2) is 0 Å². The molecular weight excluding hydrogens is 346 g/mol. The van der Waals surface area contributed by atoms with Crippen molar-refractivity contribution in [2.45, 2.75) is 18.8 Å². The first-order valence-electron chi connectivity index (χ1n) is 8.05. The maximum absolute atomic E-state index is 13.5. The molecular formula is C20H15F4NO. The lowest BCUT2D eigenvalue weighted by Gasteiger charge is -2.34. The Morgan fingerprint density at radius 2 is 1.77 bits per heavy atom. The van der Waals surface area contributed by atoms with Gasteiger partial charge in [0.1, 0.15) is 11.6 Å². The monoisotopic (exact) mass is 361 g/mol. The standard InChI is InChI=1S/C20H15F4NO/c21-17-8-7-15(18(22)9-17)4-1-13-2-5-16(6-3-13)19(26)25-12-14-10-20(23,24)11-14/h2-3,5-9,14H,10-12H2,(H,25,26). The molecule has 0 saturated heterocycles. The number of alkyl halides is 2. The summed E-state index contributed by atoms with van der Waals surface area (Å²) in [6.45, 7) is 0.222. The summed E-state index contributed by atoms with van der Waals surface area (Å²) in [6.07, 6.45) is -0.385. The third kappa shape index (κ3) is 4.42. The van der Waals surface area contributed by atoms with E-state index in [2.05, 4.69) is 17.2 Å². The lowest BCUT2D eigenvalue weighted by Crippen LogP contribution is -2.42. The molecule has 0 atom stereocenters. The molecule has 0 spiro atoms. The molecule has 0 radical (unpaired) electrons. The molecule has 1 fully saturated rings. The zero-order valence-electron chi connectivity index (χ0n) is 13.7. The fraction of sp³-hybridized carbons (Fsp3) is 0.250. The fourth-order valence-corrected chi connectivity index (χ4v) is 2.70. The minimum absolute atomic E-state index is 0.0746. The molecule has 1 N–H and O–H groups in total. The average Bonchev–Trinajstić information content (AvgIpc) is 2.57. The third-order valence-electron chi connectivity index (χ3n) is 4.15. The molecule has 3 rings (SSSR count). The number of amides is 1. The maximum atomic E-state index is 13.5. The van der Waals surface area contributed by atoms with Crippen LogP contribution in [0.2, 0.25) is 0 Å². The molecule has 2 nitrogen and oxygen atoms in total. The Labute approximate surface area is 148 Å². The van der Waals surface area contributed by atoms with E-state index in [1.165, 1.54) is 6.07 Å². The number of benzene rings is 2. The summed E-state index contributed by atoms with van der Waals surface area (Å²) in [7, 11) is 0. The van der Waals surface area contributed by atoms with Crippen molar-refractivity contribution in [3.05, 3.63) is 70.8 Å². The summed E-state index contributed by atoms with van der Waals surface area (Å²) >= 11 is 0. The molecule has 1 saturated carbocycles. The summed E-state index contributed by atoms with van der Waals surface area (Å²) < 4.78 is 51.9. The van der Waals surface area contributed by atoms with Crippen molar-refractivity contribution in [1.82, 2.24) is 5.32 Å². The van der Waals surface area contributed by atoms with Crippen LogP contribution >= 0.6 is 0 Å². The van der Waals surface area contributed by atoms with Crippen LogP contribution in [0, 0.1) is 29.4 Å². The molecule has 134 valence electrons. The summed E-state index contributed by atoms with van der Waals surface area (Å²) in [5.41, 5.74) is 1.02. The van der Waals surface area contributed by atoms with Gasteiger partial charge >= 0.3 is 0 Å². The van der Waals surface area contributed by atoms with Crippen molar-refractivity contribution in [1.29, 1.82) is 0 Å². The van der Waals surface area contributed by atoms with E-state index in [0.717, 1.165) is 12.1 Å². The van der Waals surface area contributed by atoms with Gasteiger partial charge in [-0.25, -0.2) is 17.6 Å². The quantitative estimate of drug-likeness (QED) is 0.646. The molecule has 6 heteroatoms. The number of rotatable bonds is 3. The van der Waals surface area contributed by atoms with Crippen molar-refractivity contribution in [2.75, 3.05) is 6.54 Å². The molecule has 1 aliphatic rings. The van der Waals surface area contributed by atoms with Crippen molar-refractivity contribution in [2.24, 2.45) is 5.92 Å². The first kappa shape index (κ1) is 18.0. The normalized spacial score (nSPS) is 15.5. The second-order valence-electron chi connectivity index (χ2n) is 6.29. The van der Waals surface area contributed by atoms with E-state index >= 15 is 0 Å². The van der Waals surface area contributed by atoms with Gasteiger partial charge in [-0.05, 0) is 42.3 Å². The second-order valence-corrected chi connectivity index (χ2v) is 6.29. The highest BCUT2D eigenvalue weighted by Gasteiger charge is 2.44. The highest BCUT2D eigenvalue weighted by atomic mass is 19.3. The van der Waals surface area contributed by atoms with Crippen molar-refractivity contribution in [3.63, 3.8) is 0 Å². The maximum Gasteiger partial charge on any atom is 0.251 e. The second kappa shape index (κ2) is 7.20. The first-order chi connectivity index (χ1) is 12.3. The van der Waals surface area contributed by atoms with Crippen LogP contribution in [-0.4, -0.2) is 18.4 Å². The van der Waals surface area contributed by atoms with E-state index in [0.29, 0.717) is 11.1 Å². The predicted molar refractivity (Wildman–Crippen MR) is 88.8 cm³/mol. The Balaban J connectivity index is 1.58. The van der Waals surface area contributed by atoms with Crippen LogP contribution in [-0.2, 0) is 0 Å². The van der Waals surface area contributed by atoms with Gasteiger partial charge in [0, 0.05) is 36.6 Å². The summed E-state index contributed by atoms with van der Waals surface area (Å²) in [6, 6.07) is 9.44. The smallest absolute Gasteiger partial charge is 0.251 e. The van der Waals surface area contributed by atoms with Crippen LogP contribution in [0.4, 0.5) is 17.6 Å². The highest BCUT2D eigenvalue weighted by Crippen LogP contribution is 2.41. The number of hydrogen-bond donors (Lipinski definition) is 1. The largest absolute Gasteiger partial charge is 0.352 e. The van der Waals surface area contributed by atoms with Crippen LogP contribution in [0.15, 0.2) is 42.5 Å². The summed E-state index contributed by atoms with van der Waals surface area (Å²) in [4.78, 5) is 12.0. The van der Waals surface area contributed by atoms with E-state index < -0.39 is 17.6 Å². The molecule has 0 heterocycles. The van der Waals surface area contributed by atoms with E-state index in [1.54, 1.807) is 24.3 Å². The first-order valence-corrected chi connectivity index (χ1v) is 8.05. The van der Waals surface area contributed by atoms with Gasteiger partial charge in [-0.1, -0.05) is 11.8 Å². The number of nitrogens with one attached hydrogen (secondary N) is 1. The Morgan fingerprint density at radius 1 is 1.08 bits per heavy atom. The Morgan fingerprint density at radius 3 is 2.38 bits per heavy atom. The predicted octanol–water partition coefficient (Wildman–Crippen LogP) is 4.14. The molecule has 0 bridgehead atoms. The molecule has 1 aliphatic carbocycles. The lowest BCUT2D eigenvalue weighted by atomic mass is 9.81. The van der Waals surface area contributed by atoms with Crippen LogP contribution in [0.3, 0.4) is 0 Å². The Bertz CT molecular complexity index is 873. The fourth-order valence-electron chi connectivity index (χ4n) is 2.70. The highest BCUT2D eigenvalue weighted by molar-refractivity contribution is 5.94. The zero-order valence-corrected chi connectivity index (χ0v) is 13.7. The number of carbonyl (C=O) groups excluding carboxylic acids is 1. The average molecular weight is 361 g/mol. The molecule has 26 heavy (non-hydrogen) atoms. The Kier molecular flexibility index (Phi) is 4.99. The number of carbonyl (C=O) groups is 1. The summed E-state index contributed by atoms with van der Waals surface area (Å²) in [5, 5.41) is 2.64. The SMILES string of the molecule is O=C(NCC1CC(F)(F)C1)c1ccc(C#Cc2ccc(F)cc2F)cc1. The van der Waals surface area contributed by atoms with Crippen molar-refractivity contribution < 1.29 is 22.4 Å². The van der Waals surface area contributed by atoms with Gasteiger partial charge in [0.2, 0.25) is 5.92 Å². The van der Waals surface area contributed by atoms with Gasteiger partial charge in [-0.2, -0.15) is 0 Å². The van der Waals surface area contributed by atoms with E-state index in [9.17, 15) is 22.4 Å². The minimum atomic E-state index is -2.60. The third-order valence-corrected chi connectivity index (χ3v) is 4.15. The van der Waals surface area contributed by atoms with Gasteiger partial charge in [-0.3, -0.25) is 4.79 Å². The van der Waals surface area contributed by atoms with Crippen LogP contribution in [0.25, 0.3) is 0 Å². The van der Waals surface area contributed by atoms with Crippen molar-refractivity contribution >= 4 is 5.91 Å². The minimum Gasteiger partial charge on any atom is -0.352 e. The van der Waals surface area contributed by atoms with Crippen LogP contribution in [0.1, 0.15) is 34.3 Å². The lowest BCUT2D eigenvalue weighted by molar-refractivity contribution is -0.108. The molecule has 0 aromatic heterocycles. The van der Waals surface area contributed by atoms with Crippen LogP contribution in [0.5, 0.6) is 0 Å². The van der Waals surface area contributed by atoms with E-state index in [4.69, 9.17) is 0 Å². The molecule has 0 aliphatic heterocycles. The number of hydrogen-bond acceptors (Lipinski definition) is 1. The zero-order chi connectivity index (χ0) is 18.7. The molecule has 2 aromatic rings. The van der Waals surface area contributed by atoms with Gasteiger partial charge in [-0.15, -0.1) is 0 Å². The van der Waals surface area contributed by atoms with E-state index in [-0.39, 0.29) is 36.8 Å². The molecule has 1 amide bonds. The molecule has 0 unspecified atom stereocenters. The van der Waals surface area contributed by atoms with Gasteiger partial charge in [0.05, 0.1) is 5.56 Å². The number of halogens is 4. The van der Waals surface area contributed by atoms with E-state index in [1.807, 2.05) is 0 Å². The Hall–Kier alpha value is -2.81. The molecule has 2 aromatic carbocycles. The van der Waals surface area contributed by atoms with Gasteiger partial charge in [0.25, 0.3) is 5.91 Å². The van der Waals surface area contributed by atoms with Crippen molar-refractivity contribution in [3.8, 4) is 11.8 Å². The van der Waals surface area contributed by atoms with Crippen LogP contribution < -0.4 is 5.32 Å². The van der Waals surface area contributed by atoms with Gasteiger partial charge < -0.3 is 5.32 Å². The summed E-state index contributed by atoms with van der Waals surface area (Å²) in [5.74, 6) is 0.799. The topological polar surface area (TPSA) is 29.1 Å².